The van der Waals surface area contributed by atoms with E-state index in [1.54, 1.807) is 24.3 Å². The second kappa shape index (κ2) is 10.1. The van der Waals surface area contributed by atoms with Crippen LogP contribution in [0.25, 0.3) is 6.08 Å². The molecule has 2 aromatic rings. The average Bonchev–Trinajstić information content (AvgIpc) is 2.79. The van der Waals surface area contributed by atoms with Crippen LogP contribution in [-0.2, 0) is 16.2 Å². The van der Waals surface area contributed by atoms with Gasteiger partial charge in [-0.3, -0.25) is 19.4 Å². The van der Waals surface area contributed by atoms with Crippen LogP contribution in [0.1, 0.15) is 28.4 Å². The van der Waals surface area contributed by atoms with E-state index in [9.17, 15) is 14.4 Å². The van der Waals surface area contributed by atoms with Crippen LogP contribution in [0.3, 0.4) is 0 Å². The van der Waals surface area contributed by atoms with Gasteiger partial charge in [0.05, 0.1) is 16.6 Å². The summed E-state index contributed by atoms with van der Waals surface area (Å²) in [4.78, 5) is 38.9. The standard InChI is InChI=1S/C23H21BrN2O6S/c1-4-31-18-11-14(9-16-20(27)25(2)23(33)26(3)21(16)28)10-17(24)19(18)32-12-13-6-5-7-15(8-13)22(29)30/h5-11H,4,12H2,1-3H3,(H,29,30). The number of hydrogen-bond acceptors (Lipinski definition) is 6. The van der Waals surface area contributed by atoms with Gasteiger partial charge < -0.3 is 14.6 Å². The van der Waals surface area contributed by atoms with Gasteiger partial charge in [0.15, 0.2) is 16.6 Å². The van der Waals surface area contributed by atoms with Crippen molar-refractivity contribution in [1.82, 2.24) is 9.80 Å². The number of carbonyl (C=O) groups is 3. The summed E-state index contributed by atoms with van der Waals surface area (Å²) in [5.74, 6) is -1.18. The van der Waals surface area contributed by atoms with Crippen molar-refractivity contribution >= 4 is 57.1 Å². The number of halogens is 1. The van der Waals surface area contributed by atoms with E-state index in [-0.39, 0.29) is 22.9 Å². The van der Waals surface area contributed by atoms with Crippen molar-refractivity contribution in [2.24, 2.45) is 0 Å². The molecule has 0 radical (unpaired) electrons. The first-order chi connectivity index (χ1) is 15.6. The zero-order chi connectivity index (χ0) is 24.3. The summed E-state index contributed by atoms with van der Waals surface area (Å²) >= 11 is 8.58. The van der Waals surface area contributed by atoms with Crippen molar-refractivity contribution in [1.29, 1.82) is 0 Å². The Labute approximate surface area is 204 Å². The molecule has 2 amide bonds. The Morgan fingerprint density at radius 2 is 1.79 bits per heavy atom. The number of ether oxygens (including phenoxy) is 2. The van der Waals surface area contributed by atoms with E-state index >= 15 is 0 Å². The van der Waals surface area contributed by atoms with Crippen molar-refractivity contribution in [3.63, 3.8) is 0 Å². The molecule has 0 aromatic heterocycles. The maximum Gasteiger partial charge on any atom is 0.335 e. The van der Waals surface area contributed by atoms with Gasteiger partial charge in [0.25, 0.3) is 11.8 Å². The number of carboxylic acids is 1. The molecule has 0 bridgehead atoms. The zero-order valence-corrected chi connectivity index (χ0v) is 20.5. The number of benzene rings is 2. The minimum Gasteiger partial charge on any atom is -0.490 e. The highest BCUT2D eigenvalue weighted by molar-refractivity contribution is 9.10. The Balaban J connectivity index is 1.93. The largest absolute Gasteiger partial charge is 0.490 e. The minimum atomic E-state index is -1.02. The SMILES string of the molecule is CCOc1cc(C=C2C(=O)N(C)C(=S)N(C)C2=O)cc(Br)c1OCc1cccc(C(=O)O)c1. The van der Waals surface area contributed by atoms with Crippen LogP contribution in [0.5, 0.6) is 11.5 Å². The van der Waals surface area contributed by atoms with Gasteiger partial charge in [-0.15, -0.1) is 0 Å². The van der Waals surface area contributed by atoms with E-state index in [1.165, 1.54) is 42.1 Å². The predicted molar refractivity (Wildman–Crippen MR) is 129 cm³/mol. The Kier molecular flexibility index (Phi) is 7.50. The number of thiocarbonyl (C=S) groups is 1. The van der Waals surface area contributed by atoms with Crippen LogP contribution in [0.2, 0.25) is 0 Å². The molecule has 1 heterocycles. The summed E-state index contributed by atoms with van der Waals surface area (Å²) in [6.07, 6.45) is 1.48. The normalized spacial score (nSPS) is 13.9. The number of likely N-dealkylation sites (N-methyl/N-ethyl adjacent to an activating group) is 2. The van der Waals surface area contributed by atoms with Crippen molar-refractivity contribution in [3.8, 4) is 11.5 Å². The van der Waals surface area contributed by atoms with E-state index < -0.39 is 17.8 Å². The smallest absolute Gasteiger partial charge is 0.335 e. The summed E-state index contributed by atoms with van der Waals surface area (Å²) < 4.78 is 12.2. The molecule has 10 heteroatoms. The lowest BCUT2D eigenvalue weighted by molar-refractivity contribution is -0.132. The fraction of sp³-hybridized carbons (Fsp3) is 0.217. The van der Waals surface area contributed by atoms with Crippen LogP contribution in [0.15, 0.2) is 46.4 Å². The topological polar surface area (TPSA) is 96.4 Å². The first-order valence-electron chi connectivity index (χ1n) is 9.87. The predicted octanol–water partition coefficient (Wildman–Crippen LogP) is 3.72. The van der Waals surface area contributed by atoms with Crippen molar-refractivity contribution in [2.45, 2.75) is 13.5 Å². The number of carboxylic acid groups (broad SMARTS) is 1. The maximum atomic E-state index is 12.6. The van der Waals surface area contributed by atoms with Gasteiger partial charge in [-0.1, -0.05) is 12.1 Å². The lowest BCUT2D eigenvalue weighted by Gasteiger charge is -2.31. The molecule has 1 aliphatic heterocycles. The molecule has 1 aliphatic rings. The molecule has 1 N–H and O–H groups in total. The van der Waals surface area contributed by atoms with Crippen molar-refractivity contribution in [2.75, 3.05) is 20.7 Å². The monoisotopic (exact) mass is 532 g/mol. The Morgan fingerprint density at radius 3 is 2.39 bits per heavy atom. The first-order valence-corrected chi connectivity index (χ1v) is 11.1. The molecule has 1 saturated heterocycles. The summed E-state index contributed by atoms with van der Waals surface area (Å²) in [6.45, 7) is 2.29. The molecule has 0 aliphatic carbocycles. The summed E-state index contributed by atoms with van der Waals surface area (Å²) in [5.41, 5.74) is 1.37. The molecule has 0 atom stereocenters. The average molecular weight is 533 g/mol. The van der Waals surface area contributed by atoms with Crippen LogP contribution in [0.4, 0.5) is 0 Å². The number of hydrogen-bond donors (Lipinski definition) is 1. The van der Waals surface area contributed by atoms with Gasteiger partial charge in [-0.25, -0.2) is 4.79 Å². The van der Waals surface area contributed by atoms with Gasteiger partial charge in [0.1, 0.15) is 12.2 Å². The molecule has 0 spiro atoms. The van der Waals surface area contributed by atoms with Gasteiger partial charge in [0, 0.05) is 14.1 Å². The summed E-state index contributed by atoms with van der Waals surface area (Å²) in [6, 6.07) is 9.81. The second-order valence-electron chi connectivity index (χ2n) is 7.13. The lowest BCUT2D eigenvalue weighted by atomic mass is 10.1. The second-order valence-corrected chi connectivity index (χ2v) is 8.35. The minimum absolute atomic E-state index is 0.0258. The molecule has 3 rings (SSSR count). The van der Waals surface area contributed by atoms with Crippen LogP contribution < -0.4 is 9.47 Å². The Bertz CT molecular complexity index is 1150. The van der Waals surface area contributed by atoms with Crippen LogP contribution in [0, 0.1) is 0 Å². The number of aromatic carboxylic acids is 1. The highest BCUT2D eigenvalue weighted by Crippen LogP contribution is 2.38. The van der Waals surface area contributed by atoms with Crippen LogP contribution >= 0.6 is 28.1 Å². The molecule has 0 unspecified atom stereocenters. The molecule has 172 valence electrons. The third-order valence-corrected chi connectivity index (χ3v) is 5.98. The highest BCUT2D eigenvalue weighted by atomic mass is 79.9. The number of rotatable bonds is 7. The number of carbonyl (C=O) groups excluding carboxylic acids is 2. The van der Waals surface area contributed by atoms with Gasteiger partial charge >= 0.3 is 5.97 Å². The molecule has 2 aromatic carbocycles. The zero-order valence-electron chi connectivity index (χ0n) is 18.1. The Morgan fingerprint density at radius 1 is 1.12 bits per heavy atom. The first kappa shape index (κ1) is 24.4. The van der Waals surface area contributed by atoms with E-state index in [2.05, 4.69) is 15.9 Å². The number of nitrogens with zero attached hydrogens (tertiary/aromatic N) is 2. The van der Waals surface area contributed by atoms with Crippen molar-refractivity contribution in [3.05, 3.63) is 63.1 Å². The van der Waals surface area contributed by atoms with Gasteiger partial charge in [-0.05, 0) is 76.5 Å². The van der Waals surface area contributed by atoms with Crippen LogP contribution in [-0.4, -0.2) is 58.5 Å². The third kappa shape index (κ3) is 5.23. The van der Waals surface area contributed by atoms with E-state index in [0.717, 1.165) is 0 Å². The van der Waals surface area contributed by atoms with E-state index in [4.69, 9.17) is 26.8 Å². The highest BCUT2D eigenvalue weighted by Gasteiger charge is 2.35. The van der Waals surface area contributed by atoms with E-state index in [1.807, 2.05) is 6.92 Å². The molecule has 0 saturated carbocycles. The Hall–Kier alpha value is -3.24. The number of amides is 2. The van der Waals surface area contributed by atoms with E-state index in [0.29, 0.717) is 33.7 Å². The fourth-order valence-electron chi connectivity index (χ4n) is 3.17. The maximum absolute atomic E-state index is 12.6. The molecular formula is C23H21BrN2O6S. The quantitative estimate of drug-likeness (QED) is 0.329. The van der Waals surface area contributed by atoms with Gasteiger partial charge in [0.2, 0.25) is 0 Å². The molecule has 8 nitrogen and oxygen atoms in total. The molecule has 1 fully saturated rings. The summed E-state index contributed by atoms with van der Waals surface area (Å²) in [7, 11) is 3.03. The van der Waals surface area contributed by atoms with Gasteiger partial charge in [-0.2, -0.15) is 0 Å². The van der Waals surface area contributed by atoms with Crippen molar-refractivity contribution < 1.29 is 29.0 Å². The third-order valence-electron chi connectivity index (χ3n) is 4.84. The fourth-order valence-corrected chi connectivity index (χ4v) is 3.91. The lowest BCUT2D eigenvalue weighted by Crippen LogP contribution is -2.52. The molecular weight excluding hydrogens is 512 g/mol. The summed E-state index contributed by atoms with van der Waals surface area (Å²) in [5, 5.41) is 9.30. The molecule has 33 heavy (non-hydrogen) atoms.